The fourth-order valence-electron chi connectivity index (χ4n) is 2.35. The number of nitrogens with two attached hydrogens (primary N) is 1. The van der Waals surface area contributed by atoms with E-state index in [1.54, 1.807) is 4.68 Å². The lowest BCUT2D eigenvalue weighted by Gasteiger charge is -2.11. The number of rotatable bonds is 8. The van der Waals surface area contributed by atoms with E-state index in [2.05, 4.69) is 9.84 Å². The fraction of sp³-hybridized carbons (Fsp3) is 0.786. The minimum absolute atomic E-state index is 0.00500. The molecule has 0 aliphatic heterocycles. The number of aryl methyl sites for hydroxylation is 1. The summed E-state index contributed by atoms with van der Waals surface area (Å²) in [6.07, 6.45) is -2.00. The molecule has 21 heavy (non-hydrogen) atoms. The molecule has 0 saturated carbocycles. The van der Waals surface area contributed by atoms with E-state index in [1.165, 1.54) is 0 Å². The van der Waals surface area contributed by atoms with Gasteiger partial charge in [0.2, 0.25) is 0 Å². The van der Waals surface area contributed by atoms with E-state index in [0.717, 1.165) is 36.2 Å². The summed E-state index contributed by atoms with van der Waals surface area (Å²) in [7, 11) is 0. The summed E-state index contributed by atoms with van der Waals surface area (Å²) in [6, 6.07) is 0.0275. The fourth-order valence-corrected chi connectivity index (χ4v) is 2.35. The second kappa shape index (κ2) is 7.79. The van der Waals surface area contributed by atoms with Crippen LogP contribution in [0.5, 0.6) is 0 Å². The Morgan fingerprint density at radius 1 is 1.29 bits per heavy atom. The summed E-state index contributed by atoms with van der Waals surface area (Å²) in [5, 5.41) is 4.49. The number of hydrogen-bond donors (Lipinski definition) is 1. The average Bonchev–Trinajstić information content (AvgIpc) is 2.70. The van der Waals surface area contributed by atoms with E-state index < -0.39 is 12.8 Å². The van der Waals surface area contributed by atoms with Crippen LogP contribution < -0.4 is 5.73 Å². The summed E-state index contributed by atoms with van der Waals surface area (Å²) in [4.78, 5) is 0. The summed E-state index contributed by atoms with van der Waals surface area (Å²) in [5.74, 6) is 0. The molecule has 1 rings (SSSR count). The third-order valence-corrected chi connectivity index (χ3v) is 3.16. The Labute approximate surface area is 123 Å². The zero-order chi connectivity index (χ0) is 16.0. The van der Waals surface area contributed by atoms with Gasteiger partial charge >= 0.3 is 6.18 Å². The Hall–Kier alpha value is -1.08. The van der Waals surface area contributed by atoms with Gasteiger partial charge in [-0.25, -0.2) is 0 Å². The number of nitrogens with zero attached hydrogens (tertiary/aromatic N) is 2. The van der Waals surface area contributed by atoms with Crippen molar-refractivity contribution in [3.8, 4) is 0 Å². The molecule has 1 atom stereocenters. The molecule has 0 bridgehead atoms. The highest BCUT2D eigenvalue weighted by atomic mass is 19.4. The molecule has 1 heterocycles. The second-order valence-corrected chi connectivity index (χ2v) is 5.15. The quantitative estimate of drug-likeness (QED) is 0.751. The lowest BCUT2D eigenvalue weighted by Crippen LogP contribution is -2.20. The van der Waals surface area contributed by atoms with Crippen LogP contribution in [-0.4, -0.2) is 35.2 Å². The summed E-state index contributed by atoms with van der Waals surface area (Å²) < 4.78 is 42.5. The molecule has 122 valence electrons. The lowest BCUT2D eigenvalue weighted by molar-refractivity contribution is -0.174. The standard InChI is InChI=1S/C14H24F3N3O/c1-4-12-11(8-10(3)18)13(5-2)20(19-12)6-7-21-9-14(15,16)17/h10H,4-9,18H2,1-3H3. The average molecular weight is 307 g/mol. The van der Waals surface area contributed by atoms with Crippen molar-refractivity contribution in [3.63, 3.8) is 0 Å². The first-order valence-electron chi connectivity index (χ1n) is 7.26. The SMILES string of the molecule is CCc1nn(CCOCC(F)(F)F)c(CC)c1CC(C)N. The zero-order valence-electron chi connectivity index (χ0n) is 12.8. The van der Waals surface area contributed by atoms with Crippen LogP contribution in [0.4, 0.5) is 13.2 Å². The van der Waals surface area contributed by atoms with Crippen LogP contribution in [-0.2, 0) is 30.5 Å². The van der Waals surface area contributed by atoms with Crippen molar-refractivity contribution in [2.75, 3.05) is 13.2 Å². The topological polar surface area (TPSA) is 53.1 Å². The van der Waals surface area contributed by atoms with Gasteiger partial charge in [0.15, 0.2) is 0 Å². The van der Waals surface area contributed by atoms with E-state index in [9.17, 15) is 13.2 Å². The Bertz CT molecular complexity index is 441. The molecular weight excluding hydrogens is 283 g/mol. The molecule has 0 fully saturated rings. The molecular formula is C14H24F3N3O. The van der Waals surface area contributed by atoms with E-state index in [0.29, 0.717) is 6.54 Å². The highest BCUT2D eigenvalue weighted by molar-refractivity contribution is 5.27. The number of hydrogen-bond acceptors (Lipinski definition) is 3. The predicted molar refractivity (Wildman–Crippen MR) is 75.2 cm³/mol. The van der Waals surface area contributed by atoms with E-state index >= 15 is 0 Å². The third-order valence-electron chi connectivity index (χ3n) is 3.16. The van der Waals surface area contributed by atoms with Crippen LogP contribution in [0.3, 0.4) is 0 Å². The molecule has 1 unspecified atom stereocenters. The first kappa shape index (κ1) is 18.0. The molecule has 2 N–H and O–H groups in total. The smallest absolute Gasteiger partial charge is 0.370 e. The van der Waals surface area contributed by atoms with E-state index in [1.807, 2.05) is 20.8 Å². The van der Waals surface area contributed by atoms with Crippen molar-refractivity contribution in [1.29, 1.82) is 0 Å². The zero-order valence-corrected chi connectivity index (χ0v) is 12.8. The Balaban J connectivity index is 2.75. The van der Waals surface area contributed by atoms with Gasteiger partial charge in [-0.3, -0.25) is 4.68 Å². The van der Waals surface area contributed by atoms with Crippen LogP contribution in [0, 0.1) is 0 Å². The van der Waals surface area contributed by atoms with Gasteiger partial charge in [0.25, 0.3) is 0 Å². The highest BCUT2D eigenvalue weighted by Crippen LogP contribution is 2.18. The summed E-state index contributed by atoms with van der Waals surface area (Å²) in [5.41, 5.74) is 9.01. The van der Waals surface area contributed by atoms with Crippen molar-refractivity contribution in [1.82, 2.24) is 9.78 Å². The van der Waals surface area contributed by atoms with Gasteiger partial charge in [-0.2, -0.15) is 18.3 Å². The molecule has 0 aliphatic rings. The Morgan fingerprint density at radius 2 is 1.95 bits per heavy atom. The molecule has 7 heteroatoms. The number of alkyl halides is 3. The molecule has 0 aromatic carbocycles. The van der Waals surface area contributed by atoms with E-state index in [-0.39, 0.29) is 12.6 Å². The van der Waals surface area contributed by atoms with Crippen molar-refractivity contribution in [2.45, 2.75) is 58.8 Å². The minimum Gasteiger partial charge on any atom is -0.370 e. The first-order valence-corrected chi connectivity index (χ1v) is 7.26. The third kappa shape index (κ3) is 5.67. The summed E-state index contributed by atoms with van der Waals surface area (Å²) in [6.45, 7) is 5.05. The number of aromatic nitrogens is 2. The molecule has 4 nitrogen and oxygen atoms in total. The van der Waals surface area contributed by atoms with Gasteiger partial charge in [-0.1, -0.05) is 13.8 Å². The van der Waals surface area contributed by atoms with Crippen molar-refractivity contribution >= 4 is 0 Å². The molecule has 0 saturated heterocycles. The molecule has 0 amide bonds. The molecule has 0 radical (unpaired) electrons. The van der Waals surface area contributed by atoms with Crippen LogP contribution in [0.15, 0.2) is 0 Å². The van der Waals surface area contributed by atoms with Gasteiger partial charge < -0.3 is 10.5 Å². The Kier molecular flexibility index (Phi) is 6.67. The van der Waals surface area contributed by atoms with Crippen molar-refractivity contribution < 1.29 is 17.9 Å². The number of halogens is 3. The van der Waals surface area contributed by atoms with Gasteiger partial charge in [-0.05, 0) is 31.7 Å². The van der Waals surface area contributed by atoms with Crippen LogP contribution in [0.1, 0.15) is 37.7 Å². The van der Waals surface area contributed by atoms with Crippen LogP contribution in [0.2, 0.25) is 0 Å². The van der Waals surface area contributed by atoms with Gasteiger partial charge in [-0.15, -0.1) is 0 Å². The lowest BCUT2D eigenvalue weighted by atomic mass is 10.0. The molecule has 0 aliphatic carbocycles. The first-order chi connectivity index (χ1) is 9.78. The molecule has 0 spiro atoms. The van der Waals surface area contributed by atoms with Crippen molar-refractivity contribution in [3.05, 3.63) is 17.0 Å². The maximum Gasteiger partial charge on any atom is 0.411 e. The summed E-state index contributed by atoms with van der Waals surface area (Å²) >= 11 is 0. The monoisotopic (exact) mass is 307 g/mol. The Morgan fingerprint density at radius 3 is 2.43 bits per heavy atom. The normalized spacial score (nSPS) is 13.7. The second-order valence-electron chi connectivity index (χ2n) is 5.15. The van der Waals surface area contributed by atoms with Crippen LogP contribution in [0.25, 0.3) is 0 Å². The van der Waals surface area contributed by atoms with Gasteiger partial charge in [0, 0.05) is 11.7 Å². The maximum atomic E-state index is 12.0. The van der Waals surface area contributed by atoms with Crippen LogP contribution >= 0.6 is 0 Å². The maximum absolute atomic E-state index is 12.0. The largest absolute Gasteiger partial charge is 0.411 e. The van der Waals surface area contributed by atoms with Crippen molar-refractivity contribution in [2.24, 2.45) is 5.73 Å². The molecule has 1 aromatic heterocycles. The number of ether oxygens (including phenoxy) is 1. The van der Waals surface area contributed by atoms with E-state index in [4.69, 9.17) is 5.73 Å². The predicted octanol–water partition coefficient (Wildman–Crippen LogP) is 2.48. The van der Waals surface area contributed by atoms with Gasteiger partial charge in [0.05, 0.1) is 18.8 Å². The molecule has 1 aromatic rings. The van der Waals surface area contributed by atoms with Gasteiger partial charge in [0.1, 0.15) is 6.61 Å². The minimum atomic E-state index is -4.29. The highest BCUT2D eigenvalue weighted by Gasteiger charge is 2.27.